The van der Waals surface area contributed by atoms with E-state index in [0.29, 0.717) is 26.2 Å². The number of ether oxygens (including phenoxy) is 4. The predicted octanol–water partition coefficient (Wildman–Crippen LogP) is 3.08. The Morgan fingerprint density at radius 2 is 1.60 bits per heavy atom. The first kappa shape index (κ1) is 24.0. The number of benzene rings is 2. The molecule has 2 aromatic rings. The molecule has 164 valence electrons. The van der Waals surface area contributed by atoms with Crippen molar-refractivity contribution in [2.24, 2.45) is 0 Å². The molecule has 0 spiro atoms. The molecule has 2 aromatic carbocycles. The van der Waals surface area contributed by atoms with Crippen molar-refractivity contribution in [3.8, 4) is 0 Å². The van der Waals surface area contributed by atoms with Gasteiger partial charge < -0.3 is 24.1 Å². The molecule has 0 heterocycles. The van der Waals surface area contributed by atoms with Gasteiger partial charge in [-0.3, -0.25) is 5.32 Å². The predicted molar refractivity (Wildman–Crippen MR) is 113 cm³/mol. The minimum atomic E-state index is -0.940. The van der Waals surface area contributed by atoms with Crippen molar-refractivity contribution in [1.29, 1.82) is 0 Å². The van der Waals surface area contributed by atoms with Crippen molar-refractivity contribution in [1.82, 2.24) is 5.32 Å². The summed E-state index contributed by atoms with van der Waals surface area (Å²) in [6, 6.07) is 16.7. The van der Waals surface area contributed by atoms with Gasteiger partial charge in [0, 0.05) is 34.3 Å². The van der Waals surface area contributed by atoms with Crippen molar-refractivity contribution in [2.75, 3.05) is 27.9 Å². The number of rotatable bonds is 14. The van der Waals surface area contributed by atoms with E-state index in [4.69, 9.17) is 24.1 Å². The third-order valence-electron chi connectivity index (χ3n) is 4.83. The van der Waals surface area contributed by atoms with E-state index in [1.807, 2.05) is 30.3 Å². The zero-order valence-electron chi connectivity index (χ0n) is 17.7. The third-order valence-corrected chi connectivity index (χ3v) is 4.83. The van der Waals surface area contributed by atoms with E-state index in [-0.39, 0.29) is 24.0 Å². The van der Waals surface area contributed by atoms with E-state index < -0.39 is 5.97 Å². The second-order valence-corrected chi connectivity index (χ2v) is 6.91. The quantitative estimate of drug-likeness (QED) is 0.457. The smallest absolute Gasteiger partial charge is 0.335 e. The molecule has 0 saturated carbocycles. The van der Waals surface area contributed by atoms with Gasteiger partial charge in [-0.1, -0.05) is 42.5 Å². The van der Waals surface area contributed by atoms with Crippen molar-refractivity contribution in [2.45, 2.75) is 38.0 Å². The lowest BCUT2D eigenvalue weighted by Gasteiger charge is -2.29. The molecule has 2 N–H and O–H groups in total. The maximum Gasteiger partial charge on any atom is 0.335 e. The average molecular weight is 418 g/mol. The van der Waals surface area contributed by atoms with E-state index in [2.05, 4.69) is 5.32 Å². The Kier molecular flexibility index (Phi) is 10.5. The molecule has 0 fully saturated rings. The average Bonchev–Trinajstić information content (AvgIpc) is 2.78. The van der Waals surface area contributed by atoms with Crippen LogP contribution in [-0.2, 0) is 32.1 Å². The zero-order valence-corrected chi connectivity index (χ0v) is 17.7. The summed E-state index contributed by atoms with van der Waals surface area (Å²) in [6.07, 6.45) is -0.195. The molecule has 3 unspecified atom stereocenters. The SMILES string of the molecule is COCC(OC)C(CC(NCc1ccc(C(=O)O)cc1)OCc1ccccc1)OC. The Balaban J connectivity index is 2.04. The number of carboxylic acid groups (broad SMARTS) is 1. The first-order chi connectivity index (χ1) is 14.6. The topological polar surface area (TPSA) is 86.3 Å². The normalized spacial score (nSPS) is 14.2. The molecule has 0 saturated heterocycles. The van der Waals surface area contributed by atoms with Crippen LogP contribution in [-0.4, -0.2) is 57.4 Å². The lowest BCUT2D eigenvalue weighted by molar-refractivity contribution is -0.0975. The molecule has 0 bridgehead atoms. The molecule has 7 heteroatoms. The van der Waals surface area contributed by atoms with Crippen molar-refractivity contribution in [3.63, 3.8) is 0 Å². The standard InChI is InChI=1S/C23H31NO6/c1-27-16-21(29-3)20(28-2)13-22(30-15-18-7-5-4-6-8-18)24-14-17-9-11-19(12-10-17)23(25)26/h4-12,20-22,24H,13-16H2,1-3H3,(H,25,26). The molecular weight excluding hydrogens is 386 g/mol. The van der Waals surface area contributed by atoms with Crippen molar-refractivity contribution in [3.05, 3.63) is 71.3 Å². The Morgan fingerprint density at radius 3 is 2.17 bits per heavy atom. The first-order valence-electron chi connectivity index (χ1n) is 9.83. The summed E-state index contributed by atoms with van der Waals surface area (Å²) in [5.74, 6) is -0.940. The van der Waals surface area contributed by atoms with Gasteiger partial charge in [-0.25, -0.2) is 4.79 Å². The maximum atomic E-state index is 11.0. The first-order valence-corrected chi connectivity index (χ1v) is 9.83. The van der Waals surface area contributed by atoms with Crippen LogP contribution >= 0.6 is 0 Å². The Labute approximate surface area is 177 Å². The number of methoxy groups -OCH3 is 3. The number of nitrogens with one attached hydrogen (secondary N) is 1. The summed E-state index contributed by atoms with van der Waals surface area (Å²) in [6.45, 7) is 1.39. The van der Waals surface area contributed by atoms with Gasteiger partial charge in [-0.2, -0.15) is 0 Å². The van der Waals surface area contributed by atoms with Gasteiger partial charge in [-0.05, 0) is 23.3 Å². The van der Waals surface area contributed by atoms with Crippen LogP contribution in [0.4, 0.5) is 0 Å². The van der Waals surface area contributed by atoms with E-state index in [9.17, 15) is 4.79 Å². The van der Waals surface area contributed by atoms with E-state index >= 15 is 0 Å². The Morgan fingerprint density at radius 1 is 0.933 bits per heavy atom. The largest absolute Gasteiger partial charge is 0.478 e. The van der Waals surface area contributed by atoms with E-state index in [1.165, 1.54) is 0 Å². The van der Waals surface area contributed by atoms with Gasteiger partial charge in [0.25, 0.3) is 0 Å². The van der Waals surface area contributed by atoms with E-state index in [0.717, 1.165) is 11.1 Å². The lowest BCUT2D eigenvalue weighted by Crippen LogP contribution is -2.41. The van der Waals surface area contributed by atoms with Gasteiger partial charge in [0.15, 0.2) is 0 Å². The molecule has 3 atom stereocenters. The van der Waals surface area contributed by atoms with Crippen LogP contribution in [0.2, 0.25) is 0 Å². The van der Waals surface area contributed by atoms with E-state index in [1.54, 1.807) is 45.6 Å². The summed E-state index contributed by atoms with van der Waals surface area (Å²) in [7, 11) is 4.90. The number of hydrogen-bond donors (Lipinski definition) is 2. The third kappa shape index (κ3) is 7.85. The molecule has 7 nitrogen and oxygen atoms in total. The van der Waals surface area contributed by atoms with Gasteiger partial charge >= 0.3 is 5.97 Å². The number of carboxylic acids is 1. The fourth-order valence-corrected chi connectivity index (χ4v) is 3.08. The number of carbonyl (C=O) groups is 1. The summed E-state index contributed by atoms with van der Waals surface area (Å²) in [5.41, 5.74) is 2.30. The van der Waals surface area contributed by atoms with Crippen LogP contribution < -0.4 is 5.32 Å². The fourth-order valence-electron chi connectivity index (χ4n) is 3.08. The van der Waals surface area contributed by atoms with Gasteiger partial charge in [0.1, 0.15) is 12.3 Å². The highest BCUT2D eigenvalue weighted by Crippen LogP contribution is 2.14. The molecule has 30 heavy (non-hydrogen) atoms. The summed E-state index contributed by atoms with van der Waals surface area (Å²) in [5, 5.41) is 12.4. The molecule has 0 radical (unpaired) electrons. The number of aromatic carboxylic acids is 1. The second-order valence-electron chi connectivity index (χ2n) is 6.91. The highest BCUT2D eigenvalue weighted by molar-refractivity contribution is 5.87. The molecule has 0 aliphatic rings. The van der Waals surface area contributed by atoms with Crippen LogP contribution in [0.15, 0.2) is 54.6 Å². The van der Waals surface area contributed by atoms with Crippen LogP contribution in [0.1, 0.15) is 27.9 Å². The monoisotopic (exact) mass is 417 g/mol. The van der Waals surface area contributed by atoms with Crippen LogP contribution in [0.3, 0.4) is 0 Å². The molecular formula is C23H31NO6. The number of hydrogen-bond acceptors (Lipinski definition) is 6. The Bertz CT molecular complexity index is 737. The highest BCUT2D eigenvalue weighted by Gasteiger charge is 2.25. The molecule has 0 aromatic heterocycles. The summed E-state index contributed by atoms with van der Waals surface area (Å²) < 4.78 is 22.5. The molecule has 0 amide bonds. The van der Waals surface area contributed by atoms with Gasteiger partial charge in [-0.15, -0.1) is 0 Å². The molecule has 0 aliphatic carbocycles. The Hall–Kier alpha value is -2.29. The summed E-state index contributed by atoms with van der Waals surface area (Å²) >= 11 is 0. The second kappa shape index (κ2) is 13.1. The van der Waals surface area contributed by atoms with Crippen LogP contribution in [0, 0.1) is 0 Å². The molecule has 2 rings (SSSR count). The lowest BCUT2D eigenvalue weighted by atomic mass is 10.1. The minimum Gasteiger partial charge on any atom is -0.478 e. The highest BCUT2D eigenvalue weighted by atomic mass is 16.6. The van der Waals surface area contributed by atoms with Crippen molar-refractivity contribution < 1.29 is 28.8 Å². The molecule has 0 aliphatic heterocycles. The zero-order chi connectivity index (χ0) is 21.8. The maximum absolute atomic E-state index is 11.0. The fraction of sp³-hybridized carbons (Fsp3) is 0.435. The minimum absolute atomic E-state index is 0.223. The van der Waals surface area contributed by atoms with Crippen LogP contribution in [0.25, 0.3) is 0 Å². The van der Waals surface area contributed by atoms with Gasteiger partial charge in [0.05, 0.1) is 24.9 Å². The van der Waals surface area contributed by atoms with Crippen molar-refractivity contribution >= 4 is 5.97 Å². The van der Waals surface area contributed by atoms with Crippen LogP contribution in [0.5, 0.6) is 0 Å². The summed E-state index contributed by atoms with van der Waals surface area (Å²) in [4.78, 5) is 11.0. The van der Waals surface area contributed by atoms with Gasteiger partial charge in [0.2, 0.25) is 0 Å².